The quantitative estimate of drug-likeness (QED) is 0.837. The summed E-state index contributed by atoms with van der Waals surface area (Å²) in [7, 11) is 2.11. The van der Waals surface area contributed by atoms with Crippen molar-refractivity contribution in [3.05, 3.63) is 23.0 Å². The van der Waals surface area contributed by atoms with E-state index < -0.39 is 0 Å². The third-order valence-corrected chi connectivity index (χ3v) is 4.22. The lowest BCUT2D eigenvalue weighted by molar-refractivity contribution is 0.131. The van der Waals surface area contributed by atoms with Crippen molar-refractivity contribution in [2.45, 2.75) is 45.8 Å². The standard InChI is InChI=1S/C14H24N2O/c1-10-7-13(11(2)16(10)3)9-15-8-12-5-4-6-14(12)17/h7,12,14-15,17H,4-6,8-9H2,1-3H3. The number of hydrogen-bond donors (Lipinski definition) is 2. The third-order valence-electron chi connectivity index (χ3n) is 4.22. The van der Waals surface area contributed by atoms with Crippen LogP contribution in [0.3, 0.4) is 0 Å². The van der Waals surface area contributed by atoms with Gasteiger partial charge in [0, 0.05) is 31.5 Å². The van der Waals surface area contributed by atoms with E-state index in [0.717, 1.165) is 19.5 Å². The Balaban J connectivity index is 1.83. The molecule has 2 rings (SSSR count). The number of hydrogen-bond acceptors (Lipinski definition) is 2. The first-order chi connectivity index (χ1) is 8.09. The molecule has 0 bridgehead atoms. The van der Waals surface area contributed by atoms with Crippen LogP contribution in [0.25, 0.3) is 0 Å². The number of rotatable bonds is 4. The van der Waals surface area contributed by atoms with Crippen LogP contribution in [0.2, 0.25) is 0 Å². The van der Waals surface area contributed by atoms with E-state index in [1.165, 1.54) is 29.8 Å². The van der Waals surface area contributed by atoms with Crippen molar-refractivity contribution in [3.63, 3.8) is 0 Å². The molecule has 2 atom stereocenters. The van der Waals surface area contributed by atoms with Gasteiger partial charge in [-0.25, -0.2) is 0 Å². The molecular weight excluding hydrogens is 212 g/mol. The number of aliphatic hydroxyl groups excluding tert-OH is 1. The first kappa shape index (κ1) is 12.7. The highest BCUT2D eigenvalue weighted by Gasteiger charge is 2.24. The summed E-state index contributed by atoms with van der Waals surface area (Å²) in [4.78, 5) is 0. The average molecular weight is 236 g/mol. The van der Waals surface area contributed by atoms with Crippen molar-refractivity contribution in [1.29, 1.82) is 0 Å². The molecule has 96 valence electrons. The van der Waals surface area contributed by atoms with Crippen LogP contribution in [0.15, 0.2) is 6.07 Å². The number of nitrogens with one attached hydrogen (secondary N) is 1. The van der Waals surface area contributed by atoms with Crippen molar-refractivity contribution < 1.29 is 5.11 Å². The Labute approximate surface area is 104 Å². The van der Waals surface area contributed by atoms with E-state index in [-0.39, 0.29) is 6.10 Å². The van der Waals surface area contributed by atoms with Crippen LogP contribution in [0.1, 0.15) is 36.2 Å². The smallest absolute Gasteiger partial charge is 0.0580 e. The van der Waals surface area contributed by atoms with Gasteiger partial charge in [-0.3, -0.25) is 0 Å². The second-order valence-electron chi connectivity index (χ2n) is 5.34. The van der Waals surface area contributed by atoms with Gasteiger partial charge >= 0.3 is 0 Å². The molecule has 0 saturated heterocycles. The van der Waals surface area contributed by atoms with Gasteiger partial charge in [0.05, 0.1) is 6.10 Å². The van der Waals surface area contributed by atoms with Crippen LogP contribution in [-0.2, 0) is 13.6 Å². The predicted octanol–water partition coefficient (Wildman–Crippen LogP) is 1.89. The lowest BCUT2D eigenvalue weighted by Crippen LogP contribution is -2.27. The summed E-state index contributed by atoms with van der Waals surface area (Å²) in [6.07, 6.45) is 3.24. The molecule has 1 saturated carbocycles. The molecule has 0 radical (unpaired) electrons. The number of aryl methyl sites for hydroxylation is 1. The topological polar surface area (TPSA) is 37.2 Å². The van der Waals surface area contributed by atoms with Crippen LogP contribution in [0.5, 0.6) is 0 Å². The minimum atomic E-state index is -0.0823. The summed E-state index contributed by atoms with van der Waals surface area (Å²) in [5, 5.41) is 13.2. The number of aliphatic hydroxyl groups is 1. The van der Waals surface area contributed by atoms with Crippen molar-refractivity contribution in [2.75, 3.05) is 6.54 Å². The second kappa shape index (κ2) is 5.23. The summed E-state index contributed by atoms with van der Waals surface area (Å²) >= 11 is 0. The Hall–Kier alpha value is -0.800. The van der Waals surface area contributed by atoms with Crippen LogP contribution in [0.4, 0.5) is 0 Å². The Bertz CT molecular complexity index is 384. The SMILES string of the molecule is Cc1cc(CNCC2CCCC2O)c(C)n1C. The molecule has 1 aromatic rings. The minimum Gasteiger partial charge on any atom is -0.393 e. The van der Waals surface area contributed by atoms with Crippen molar-refractivity contribution in [1.82, 2.24) is 9.88 Å². The fraction of sp³-hybridized carbons (Fsp3) is 0.714. The normalized spacial score (nSPS) is 24.5. The maximum atomic E-state index is 9.74. The minimum absolute atomic E-state index is 0.0823. The first-order valence-electron chi connectivity index (χ1n) is 6.60. The summed E-state index contributed by atoms with van der Waals surface area (Å²) in [5.74, 6) is 0.458. The largest absolute Gasteiger partial charge is 0.393 e. The van der Waals surface area contributed by atoms with Crippen molar-refractivity contribution in [3.8, 4) is 0 Å². The zero-order valence-electron chi connectivity index (χ0n) is 11.2. The predicted molar refractivity (Wildman–Crippen MR) is 69.9 cm³/mol. The second-order valence-corrected chi connectivity index (χ2v) is 5.34. The molecule has 1 aliphatic rings. The molecule has 3 heteroatoms. The van der Waals surface area contributed by atoms with Crippen molar-refractivity contribution in [2.24, 2.45) is 13.0 Å². The molecule has 2 unspecified atom stereocenters. The van der Waals surface area contributed by atoms with E-state index in [9.17, 15) is 5.11 Å². The highest BCUT2D eigenvalue weighted by atomic mass is 16.3. The van der Waals surface area contributed by atoms with Gasteiger partial charge in [-0.2, -0.15) is 0 Å². The highest BCUT2D eigenvalue weighted by Crippen LogP contribution is 2.24. The van der Waals surface area contributed by atoms with Gasteiger partial charge in [0.1, 0.15) is 0 Å². The lowest BCUT2D eigenvalue weighted by atomic mass is 10.1. The summed E-state index contributed by atoms with van der Waals surface area (Å²) in [5.41, 5.74) is 4.01. The van der Waals surface area contributed by atoms with Gasteiger partial charge in [0.25, 0.3) is 0 Å². The number of aromatic nitrogens is 1. The van der Waals surface area contributed by atoms with E-state index in [1.54, 1.807) is 0 Å². The zero-order valence-corrected chi connectivity index (χ0v) is 11.2. The maximum Gasteiger partial charge on any atom is 0.0580 e. The lowest BCUT2D eigenvalue weighted by Gasteiger charge is -2.15. The molecule has 1 heterocycles. The maximum absolute atomic E-state index is 9.74. The molecule has 1 fully saturated rings. The van der Waals surface area contributed by atoms with Crippen LogP contribution < -0.4 is 5.32 Å². The Morgan fingerprint density at radius 1 is 1.41 bits per heavy atom. The monoisotopic (exact) mass is 236 g/mol. The van der Waals surface area contributed by atoms with E-state index in [0.29, 0.717) is 5.92 Å². The molecule has 2 N–H and O–H groups in total. The number of nitrogens with zero attached hydrogens (tertiary/aromatic N) is 1. The van der Waals surface area contributed by atoms with Crippen LogP contribution >= 0.6 is 0 Å². The first-order valence-corrected chi connectivity index (χ1v) is 6.60. The fourth-order valence-electron chi connectivity index (χ4n) is 2.76. The molecule has 1 aliphatic carbocycles. The molecule has 1 aromatic heterocycles. The molecule has 3 nitrogen and oxygen atoms in total. The molecule has 0 amide bonds. The van der Waals surface area contributed by atoms with E-state index in [2.05, 4.69) is 36.8 Å². The average Bonchev–Trinajstić information content (AvgIpc) is 2.80. The molecule has 0 aliphatic heterocycles. The van der Waals surface area contributed by atoms with Crippen LogP contribution in [-0.4, -0.2) is 22.3 Å². The summed E-state index contributed by atoms with van der Waals surface area (Å²) < 4.78 is 2.22. The van der Waals surface area contributed by atoms with E-state index in [1.807, 2.05) is 0 Å². The molecule has 0 spiro atoms. The molecular formula is C14H24N2O. The van der Waals surface area contributed by atoms with Gasteiger partial charge in [0.15, 0.2) is 0 Å². The van der Waals surface area contributed by atoms with E-state index >= 15 is 0 Å². The van der Waals surface area contributed by atoms with Crippen molar-refractivity contribution >= 4 is 0 Å². The fourth-order valence-corrected chi connectivity index (χ4v) is 2.76. The zero-order chi connectivity index (χ0) is 12.4. The molecule has 17 heavy (non-hydrogen) atoms. The Kier molecular flexibility index (Phi) is 3.89. The van der Waals surface area contributed by atoms with Gasteiger partial charge in [-0.15, -0.1) is 0 Å². The van der Waals surface area contributed by atoms with Gasteiger partial charge < -0.3 is 15.0 Å². The molecule has 0 aromatic carbocycles. The van der Waals surface area contributed by atoms with Crippen LogP contribution in [0, 0.1) is 19.8 Å². The highest BCUT2D eigenvalue weighted by molar-refractivity contribution is 5.26. The Morgan fingerprint density at radius 2 is 2.18 bits per heavy atom. The summed E-state index contributed by atoms with van der Waals surface area (Å²) in [6.45, 7) is 6.15. The van der Waals surface area contributed by atoms with Gasteiger partial charge in [-0.05, 0) is 44.2 Å². The van der Waals surface area contributed by atoms with Gasteiger partial charge in [0.2, 0.25) is 0 Å². The Morgan fingerprint density at radius 3 is 2.71 bits per heavy atom. The van der Waals surface area contributed by atoms with E-state index in [4.69, 9.17) is 0 Å². The van der Waals surface area contributed by atoms with Gasteiger partial charge in [-0.1, -0.05) is 6.42 Å². The summed E-state index contributed by atoms with van der Waals surface area (Å²) in [6, 6.07) is 2.24. The third kappa shape index (κ3) is 2.72.